The highest BCUT2D eigenvalue weighted by Gasteiger charge is 2.12. The van der Waals surface area contributed by atoms with Gasteiger partial charge in [-0.2, -0.15) is 5.26 Å². The number of nitriles is 1. The van der Waals surface area contributed by atoms with Gasteiger partial charge in [0.2, 0.25) is 0 Å². The number of nitrogens with zero attached hydrogens (tertiary/aromatic N) is 1. The van der Waals surface area contributed by atoms with Crippen LogP contribution in [0.25, 0.3) is 6.08 Å². The Morgan fingerprint density at radius 1 is 1.52 bits per heavy atom. The molecular weight excluding hydrogens is 268 g/mol. The molecular formula is C16H18N2O3. The molecule has 0 saturated heterocycles. The molecule has 1 amide bonds. The summed E-state index contributed by atoms with van der Waals surface area (Å²) < 4.78 is 10.8. The van der Waals surface area contributed by atoms with E-state index in [1.807, 2.05) is 13.0 Å². The average molecular weight is 286 g/mol. The van der Waals surface area contributed by atoms with Crippen molar-refractivity contribution in [2.24, 2.45) is 0 Å². The van der Waals surface area contributed by atoms with E-state index in [0.717, 1.165) is 0 Å². The lowest BCUT2D eigenvalue weighted by Gasteiger charge is -2.11. The maximum atomic E-state index is 11.8. The van der Waals surface area contributed by atoms with Crippen LogP contribution in [-0.2, 0) is 4.79 Å². The van der Waals surface area contributed by atoms with Gasteiger partial charge in [-0.3, -0.25) is 4.79 Å². The van der Waals surface area contributed by atoms with Crippen LogP contribution in [0.3, 0.4) is 0 Å². The molecule has 1 aromatic rings. The third-order valence-electron chi connectivity index (χ3n) is 2.59. The summed E-state index contributed by atoms with van der Waals surface area (Å²) in [5, 5.41) is 11.7. The zero-order valence-corrected chi connectivity index (χ0v) is 12.2. The second kappa shape index (κ2) is 8.43. The minimum absolute atomic E-state index is 0.0104. The fraction of sp³-hybridized carbons (Fsp3) is 0.250. The molecule has 0 aromatic heterocycles. The van der Waals surface area contributed by atoms with E-state index in [9.17, 15) is 4.79 Å². The Bertz CT molecular complexity index is 586. The van der Waals surface area contributed by atoms with Crippen LogP contribution in [-0.4, -0.2) is 26.2 Å². The molecule has 0 aliphatic carbocycles. The number of rotatable bonds is 7. The van der Waals surface area contributed by atoms with Crippen LogP contribution in [0.2, 0.25) is 0 Å². The van der Waals surface area contributed by atoms with Gasteiger partial charge in [0, 0.05) is 12.1 Å². The van der Waals surface area contributed by atoms with Crippen molar-refractivity contribution in [2.45, 2.75) is 6.92 Å². The first-order valence-electron chi connectivity index (χ1n) is 6.48. The highest BCUT2D eigenvalue weighted by atomic mass is 16.5. The first-order chi connectivity index (χ1) is 10.2. The maximum Gasteiger partial charge on any atom is 0.262 e. The monoisotopic (exact) mass is 286 g/mol. The van der Waals surface area contributed by atoms with Gasteiger partial charge in [0.1, 0.15) is 11.6 Å². The van der Waals surface area contributed by atoms with Crippen LogP contribution in [0.5, 0.6) is 11.5 Å². The number of carbonyl (C=O) groups excluding carboxylic acids is 1. The summed E-state index contributed by atoms with van der Waals surface area (Å²) in [5.41, 5.74) is 0.595. The van der Waals surface area contributed by atoms with E-state index in [1.165, 1.54) is 13.2 Å². The number of carbonyl (C=O) groups is 1. The summed E-state index contributed by atoms with van der Waals surface area (Å²) in [6.45, 7) is 6.17. The summed E-state index contributed by atoms with van der Waals surface area (Å²) in [4.78, 5) is 11.8. The smallest absolute Gasteiger partial charge is 0.262 e. The van der Waals surface area contributed by atoms with Crippen LogP contribution in [0, 0.1) is 11.3 Å². The normalized spacial score (nSPS) is 10.4. The van der Waals surface area contributed by atoms with Crippen molar-refractivity contribution in [3.05, 3.63) is 42.0 Å². The average Bonchev–Trinajstić information content (AvgIpc) is 2.50. The van der Waals surface area contributed by atoms with E-state index in [4.69, 9.17) is 14.7 Å². The van der Waals surface area contributed by atoms with E-state index in [1.54, 1.807) is 24.3 Å². The molecule has 5 nitrogen and oxygen atoms in total. The summed E-state index contributed by atoms with van der Waals surface area (Å²) in [7, 11) is 1.51. The number of methoxy groups -OCH3 is 1. The summed E-state index contributed by atoms with van der Waals surface area (Å²) in [5.74, 6) is 0.599. The number of nitrogens with one attached hydrogen (secondary N) is 1. The van der Waals surface area contributed by atoms with Gasteiger partial charge in [-0.05, 0) is 19.1 Å². The Kier molecular flexibility index (Phi) is 6.55. The predicted molar refractivity (Wildman–Crippen MR) is 81.0 cm³/mol. The summed E-state index contributed by atoms with van der Waals surface area (Å²) in [6.07, 6.45) is 3.02. The largest absolute Gasteiger partial charge is 0.492 e. The molecule has 1 rings (SSSR count). The lowest BCUT2D eigenvalue weighted by Crippen LogP contribution is -2.24. The second-order valence-corrected chi connectivity index (χ2v) is 3.98. The third kappa shape index (κ3) is 4.39. The zero-order chi connectivity index (χ0) is 15.7. The van der Waals surface area contributed by atoms with Crippen molar-refractivity contribution in [1.82, 2.24) is 5.32 Å². The molecule has 0 heterocycles. The lowest BCUT2D eigenvalue weighted by molar-refractivity contribution is -0.116. The maximum absolute atomic E-state index is 11.8. The van der Waals surface area contributed by atoms with Gasteiger partial charge in [0.15, 0.2) is 11.5 Å². The molecule has 0 bridgehead atoms. The van der Waals surface area contributed by atoms with Gasteiger partial charge in [0.05, 0.1) is 13.7 Å². The molecule has 0 atom stereocenters. The first kappa shape index (κ1) is 16.3. The van der Waals surface area contributed by atoms with Gasteiger partial charge in [-0.25, -0.2) is 0 Å². The zero-order valence-electron chi connectivity index (χ0n) is 12.2. The van der Waals surface area contributed by atoms with Gasteiger partial charge in [-0.1, -0.05) is 18.2 Å². The minimum Gasteiger partial charge on any atom is -0.492 e. The molecule has 110 valence electrons. The molecule has 0 unspecified atom stereocenters. The van der Waals surface area contributed by atoms with E-state index >= 15 is 0 Å². The Labute approximate surface area is 124 Å². The standard InChI is InChI=1S/C16H18N2O3/c1-4-9-18-16(19)13(11-17)10-12-7-6-8-14(21-5-2)15(12)20-3/h4,6-8,10H,1,5,9H2,2-3H3,(H,18,19)/b13-10+. The quantitative estimate of drug-likeness (QED) is 0.474. The first-order valence-corrected chi connectivity index (χ1v) is 6.48. The fourth-order valence-corrected chi connectivity index (χ4v) is 1.70. The number of ether oxygens (including phenoxy) is 2. The van der Waals surface area contributed by atoms with E-state index in [-0.39, 0.29) is 5.57 Å². The topological polar surface area (TPSA) is 71.4 Å². The molecule has 0 radical (unpaired) electrons. The number of hydrogen-bond donors (Lipinski definition) is 1. The van der Waals surface area contributed by atoms with Gasteiger partial charge in [0.25, 0.3) is 5.91 Å². The summed E-state index contributed by atoms with van der Waals surface area (Å²) >= 11 is 0. The molecule has 0 aliphatic heterocycles. The van der Waals surface area contributed by atoms with Crippen molar-refractivity contribution in [3.63, 3.8) is 0 Å². The Balaban J connectivity index is 3.16. The summed E-state index contributed by atoms with van der Waals surface area (Å²) in [6, 6.07) is 7.17. The number of amides is 1. The van der Waals surface area contributed by atoms with Crippen LogP contribution in [0.4, 0.5) is 0 Å². The van der Waals surface area contributed by atoms with E-state index < -0.39 is 5.91 Å². The Morgan fingerprint density at radius 2 is 2.29 bits per heavy atom. The predicted octanol–water partition coefficient (Wildman–Crippen LogP) is 2.30. The van der Waals surface area contributed by atoms with Gasteiger partial charge >= 0.3 is 0 Å². The highest BCUT2D eigenvalue weighted by Crippen LogP contribution is 2.32. The van der Waals surface area contributed by atoms with Gasteiger partial charge in [-0.15, -0.1) is 6.58 Å². The van der Waals surface area contributed by atoms with Crippen LogP contribution in [0.1, 0.15) is 12.5 Å². The Morgan fingerprint density at radius 3 is 2.86 bits per heavy atom. The Hall–Kier alpha value is -2.74. The van der Waals surface area contributed by atoms with Crippen molar-refractivity contribution >= 4 is 12.0 Å². The molecule has 0 aliphatic rings. The van der Waals surface area contributed by atoms with Crippen molar-refractivity contribution in [1.29, 1.82) is 5.26 Å². The van der Waals surface area contributed by atoms with Crippen molar-refractivity contribution < 1.29 is 14.3 Å². The van der Waals surface area contributed by atoms with E-state index in [0.29, 0.717) is 30.2 Å². The third-order valence-corrected chi connectivity index (χ3v) is 2.59. The van der Waals surface area contributed by atoms with Crippen LogP contribution < -0.4 is 14.8 Å². The molecule has 1 N–H and O–H groups in total. The van der Waals surface area contributed by atoms with E-state index in [2.05, 4.69) is 11.9 Å². The molecule has 0 spiro atoms. The fourth-order valence-electron chi connectivity index (χ4n) is 1.70. The SMILES string of the molecule is C=CCNC(=O)/C(C#N)=C/c1cccc(OCC)c1OC. The molecule has 0 fully saturated rings. The number of para-hydroxylation sites is 1. The van der Waals surface area contributed by atoms with Gasteiger partial charge < -0.3 is 14.8 Å². The molecule has 21 heavy (non-hydrogen) atoms. The van der Waals surface area contributed by atoms with Crippen LogP contribution >= 0.6 is 0 Å². The molecule has 0 saturated carbocycles. The highest BCUT2D eigenvalue weighted by molar-refractivity contribution is 6.02. The number of benzene rings is 1. The van der Waals surface area contributed by atoms with Crippen LogP contribution in [0.15, 0.2) is 36.4 Å². The minimum atomic E-state index is -0.457. The lowest BCUT2D eigenvalue weighted by atomic mass is 10.1. The molecule has 1 aromatic carbocycles. The number of hydrogen-bond acceptors (Lipinski definition) is 4. The second-order valence-electron chi connectivity index (χ2n) is 3.98. The molecule has 5 heteroatoms. The van der Waals surface area contributed by atoms with Crippen molar-refractivity contribution in [3.8, 4) is 17.6 Å². The van der Waals surface area contributed by atoms with Crippen molar-refractivity contribution in [2.75, 3.05) is 20.3 Å².